The first-order valence-corrected chi connectivity index (χ1v) is 8.99. The third-order valence-electron chi connectivity index (χ3n) is 2.73. The molecule has 0 radical (unpaired) electrons. The predicted molar refractivity (Wildman–Crippen MR) is 91.7 cm³/mol. The van der Waals surface area contributed by atoms with E-state index in [1.807, 2.05) is 0 Å². The van der Waals surface area contributed by atoms with Crippen LogP contribution >= 0.6 is 23.2 Å². The summed E-state index contributed by atoms with van der Waals surface area (Å²) in [6, 6.07) is 8.43. The molecule has 0 spiro atoms. The quantitative estimate of drug-likeness (QED) is 0.807. The summed E-state index contributed by atoms with van der Waals surface area (Å²) in [5.74, 6) is 0.579. The maximum absolute atomic E-state index is 11.7. The molecule has 1 aromatic carbocycles. The molecule has 0 saturated heterocycles. The van der Waals surface area contributed by atoms with Crippen molar-refractivity contribution in [3.8, 4) is 0 Å². The molecule has 5 nitrogen and oxygen atoms in total. The molecule has 1 aromatic heterocycles. The van der Waals surface area contributed by atoms with Crippen LogP contribution in [0.4, 0.5) is 17.2 Å². The Bertz CT molecular complexity index is 729. The lowest BCUT2D eigenvalue weighted by atomic mass is 10.3. The molecule has 0 aliphatic rings. The summed E-state index contributed by atoms with van der Waals surface area (Å²) >= 11 is 12.1. The number of hydrogen-bond acceptors (Lipinski definition) is 4. The molecule has 2 rings (SSSR count). The Labute approximate surface area is 139 Å². The van der Waals surface area contributed by atoms with Crippen LogP contribution in [0, 0.1) is 0 Å². The van der Waals surface area contributed by atoms with Gasteiger partial charge in [0.2, 0.25) is 10.0 Å². The van der Waals surface area contributed by atoms with Gasteiger partial charge in [0.1, 0.15) is 5.82 Å². The lowest BCUT2D eigenvalue weighted by Gasteiger charge is -2.11. The Morgan fingerprint density at radius 2 is 1.82 bits per heavy atom. The molecule has 8 heteroatoms. The van der Waals surface area contributed by atoms with E-state index in [0.717, 1.165) is 0 Å². The molecular formula is C14H15Cl2N3O2S. The van der Waals surface area contributed by atoms with Crippen LogP contribution in [0.3, 0.4) is 0 Å². The zero-order valence-electron chi connectivity index (χ0n) is 11.8. The number of nitrogens with zero attached hydrogens (tertiary/aromatic N) is 1. The number of hydrogen-bond donors (Lipinski definition) is 2. The van der Waals surface area contributed by atoms with Crippen molar-refractivity contribution in [2.75, 3.05) is 15.8 Å². The average Bonchev–Trinajstić information content (AvgIpc) is 2.44. The third-order valence-corrected chi connectivity index (χ3v) is 4.85. The van der Waals surface area contributed by atoms with Crippen LogP contribution in [0.1, 0.15) is 13.3 Å². The Morgan fingerprint density at radius 1 is 1.14 bits per heavy atom. The minimum Gasteiger partial charge on any atom is -0.338 e. The van der Waals surface area contributed by atoms with E-state index >= 15 is 0 Å². The number of aromatic nitrogens is 1. The van der Waals surface area contributed by atoms with E-state index in [2.05, 4.69) is 15.0 Å². The number of para-hydroxylation sites is 1. The number of rotatable bonds is 6. The molecule has 1 heterocycles. The molecule has 22 heavy (non-hydrogen) atoms. The number of pyridine rings is 1. The fourth-order valence-electron chi connectivity index (χ4n) is 1.77. The SMILES string of the molecule is CCCS(=O)(=O)Nc1ccc(Nc2c(Cl)cccc2Cl)nc1. The van der Waals surface area contributed by atoms with Gasteiger partial charge in [-0.2, -0.15) is 0 Å². The second kappa shape index (κ2) is 7.17. The average molecular weight is 360 g/mol. The fourth-order valence-corrected chi connectivity index (χ4v) is 3.38. The summed E-state index contributed by atoms with van der Waals surface area (Å²) in [7, 11) is -3.32. The van der Waals surface area contributed by atoms with E-state index in [1.165, 1.54) is 6.20 Å². The highest BCUT2D eigenvalue weighted by Crippen LogP contribution is 2.32. The van der Waals surface area contributed by atoms with Gasteiger partial charge < -0.3 is 5.32 Å². The van der Waals surface area contributed by atoms with E-state index in [-0.39, 0.29) is 5.75 Å². The van der Waals surface area contributed by atoms with Crippen molar-refractivity contribution in [3.63, 3.8) is 0 Å². The molecule has 0 saturated carbocycles. The number of nitrogens with one attached hydrogen (secondary N) is 2. The van der Waals surface area contributed by atoms with Gasteiger partial charge in [-0.1, -0.05) is 36.2 Å². The number of anilines is 3. The lowest BCUT2D eigenvalue weighted by Crippen LogP contribution is -2.16. The van der Waals surface area contributed by atoms with E-state index in [1.54, 1.807) is 37.3 Å². The highest BCUT2D eigenvalue weighted by Gasteiger charge is 2.10. The molecular weight excluding hydrogens is 345 g/mol. The summed E-state index contributed by atoms with van der Waals surface area (Å²) in [5, 5.41) is 3.95. The van der Waals surface area contributed by atoms with Crippen molar-refractivity contribution in [2.45, 2.75) is 13.3 Å². The van der Waals surface area contributed by atoms with Gasteiger partial charge in [-0.25, -0.2) is 13.4 Å². The van der Waals surface area contributed by atoms with Crippen LogP contribution in [0.5, 0.6) is 0 Å². The number of sulfonamides is 1. The van der Waals surface area contributed by atoms with Crippen molar-refractivity contribution in [1.82, 2.24) is 4.98 Å². The maximum Gasteiger partial charge on any atom is 0.232 e. The summed E-state index contributed by atoms with van der Waals surface area (Å²) < 4.78 is 25.8. The molecule has 0 fully saturated rings. The second-order valence-corrected chi connectivity index (χ2v) is 7.23. The first-order valence-electron chi connectivity index (χ1n) is 6.59. The molecule has 118 valence electrons. The van der Waals surface area contributed by atoms with Gasteiger partial charge in [0.25, 0.3) is 0 Å². The van der Waals surface area contributed by atoms with Gasteiger partial charge >= 0.3 is 0 Å². The third kappa shape index (κ3) is 4.50. The van der Waals surface area contributed by atoms with Crippen molar-refractivity contribution >= 4 is 50.4 Å². The first kappa shape index (κ1) is 16.9. The lowest BCUT2D eigenvalue weighted by molar-refractivity contribution is 0.600. The summed E-state index contributed by atoms with van der Waals surface area (Å²) in [4.78, 5) is 4.15. The molecule has 0 amide bonds. The molecule has 0 bridgehead atoms. The highest BCUT2D eigenvalue weighted by molar-refractivity contribution is 7.92. The monoisotopic (exact) mass is 359 g/mol. The van der Waals surface area contributed by atoms with Gasteiger partial charge in [-0.15, -0.1) is 0 Å². The molecule has 0 atom stereocenters. The van der Waals surface area contributed by atoms with Crippen LogP contribution in [0.2, 0.25) is 10.0 Å². The Kier molecular flexibility index (Phi) is 5.50. The highest BCUT2D eigenvalue weighted by atomic mass is 35.5. The topological polar surface area (TPSA) is 71.1 Å². The van der Waals surface area contributed by atoms with Crippen LogP contribution < -0.4 is 10.0 Å². The van der Waals surface area contributed by atoms with E-state index in [0.29, 0.717) is 33.7 Å². The van der Waals surface area contributed by atoms with Gasteiger partial charge in [-0.05, 0) is 30.7 Å². The predicted octanol–water partition coefficient (Wildman–Crippen LogP) is 4.28. The van der Waals surface area contributed by atoms with Crippen LogP contribution in [0.25, 0.3) is 0 Å². The largest absolute Gasteiger partial charge is 0.338 e. The van der Waals surface area contributed by atoms with Crippen molar-refractivity contribution in [3.05, 3.63) is 46.6 Å². The summed E-state index contributed by atoms with van der Waals surface area (Å²) in [6.45, 7) is 1.80. The zero-order chi connectivity index (χ0) is 16.2. The summed E-state index contributed by atoms with van der Waals surface area (Å²) in [5.41, 5.74) is 0.960. The normalized spacial score (nSPS) is 11.2. The van der Waals surface area contributed by atoms with Crippen LogP contribution in [-0.2, 0) is 10.0 Å². The van der Waals surface area contributed by atoms with Crippen molar-refractivity contribution in [2.24, 2.45) is 0 Å². The molecule has 0 aliphatic heterocycles. The fraction of sp³-hybridized carbons (Fsp3) is 0.214. The van der Waals surface area contributed by atoms with Gasteiger partial charge in [0, 0.05) is 0 Å². The molecule has 0 unspecified atom stereocenters. The van der Waals surface area contributed by atoms with Gasteiger partial charge in [0.05, 0.1) is 33.4 Å². The maximum atomic E-state index is 11.7. The second-order valence-electron chi connectivity index (χ2n) is 4.57. The Hall–Kier alpha value is -1.50. The minimum absolute atomic E-state index is 0.0717. The Balaban J connectivity index is 2.13. The van der Waals surface area contributed by atoms with E-state index < -0.39 is 10.0 Å². The van der Waals surface area contributed by atoms with Crippen LogP contribution in [0.15, 0.2) is 36.5 Å². The first-order chi connectivity index (χ1) is 10.4. The van der Waals surface area contributed by atoms with E-state index in [9.17, 15) is 8.42 Å². The number of benzene rings is 1. The van der Waals surface area contributed by atoms with E-state index in [4.69, 9.17) is 23.2 Å². The Morgan fingerprint density at radius 3 is 2.36 bits per heavy atom. The zero-order valence-corrected chi connectivity index (χ0v) is 14.1. The van der Waals surface area contributed by atoms with Gasteiger partial charge in [-0.3, -0.25) is 4.72 Å². The van der Waals surface area contributed by atoms with Crippen molar-refractivity contribution in [1.29, 1.82) is 0 Å². The van der Waals surface area contributed by atoms with Gasteiger partial charge in [0.15, 0.2) is 0 Å². The smallest absolute Gasteiger partial charge is 0.232 e. The van der Waals surface area contributed by atoms with Crippen LogP contribution in [-0.4, -0.2) is 19.2 Å². The molecule has 2 N–H and O–H groups in total. The standard InChI is InChI=1S/C14H15Cl2N3O2S/c1-2-8-22(20,21)19-10-6-7-13(17-9-10)18-14-11(15)4-3-5-12(14)16/h3-7,9,19H,2,8H2,1H3,(H,17,18). The minimum atomic E-state index is -3.32. The van der Waals surface area contributed by atoms with Crippen molar-refractivity contribution < 1.29 is 8.42 Å². The molecule has 0 aliphatic carbocycles. The molecule has 2 aromatic rings. The summed E-state index contributed by atoms with van der Waals surface area (Å²) in [6.07, 6.45) is 1.98. The number of halogens is 2.